The first-order valence-electron chi connectivity index (χ1n) is 14.6. The number of piperidine rings is 1. The lowest BCUT2D eigenvalue weighted by atomic mass is 9.71. The maximum Gasteiger partial charge on any atom is 0.433 e. The molecule has 2 saturated heterocycles. The quantitative estimate of drug-likeness (QED) is 0.363. The van der Waals surface area contributed by atoms with Gasteiger partial charge < -0.3 is 19.9 Å². The number of carbonyl (C=O) groups is 1. The highest BCUT2D eigenvalue weighted by Gasteiger charge is 2.53. The minimum absolute atomic E-state index is 0.00356. The first-order valence-corrected chi connectivity index (χ1v) is 14.6. The molecule has 1 N–H and O–H groups in total. The second-order valence-electron chi connectivity index (χ2n) is 12.1. The predicted molar refractivity (Wildman–Crippen MR) is 155 cm³/mol. The van der Waals surface area contributed by atoms with Crippen LogP contribution in [0.25, 0.3) is 0 Å². The van der Waals surface area contributed by atoms with Crippen LogP contribution in [-0.4, -0.2) is 52.2 Å². The molecule has 1 aromatic carbocycles. The monoisotopic (exact) mass is 592 g/mol. The third kappa shape index (κ3) is 6.16. The molecule has 3 aliphatic rings. The summed E-state index contributed by atoms with van der Waals surface area (Å²) in [6.07, 6.45) is 0.426. The standard InChI is InChI=1S/C32H35F3N6O2/c1-22(2)40-15-13-30(14-16-40)20-41(21-30)25-6-3-23(4-7-25)17-37-29(42)31(11-12-31)26-9-10-28(39-38-26)43-19-24-5-8-27(36-18-24)32(33,34)35/h3-10,18H,1,11-17,19-21H2,2H3,(H,37,42). The van der Waals surface area contributed by atoms with Gasteiger partial charge in [-0.25, -0.2) is 0 Å². The smallest absolute Gasteiger partial charge is 0.433 e. The van der Waals surface area contributed by atoms with Crippen molar-refractivity contribution in [3.8, 4) is 5.88 Å². The van der Waals surface area contributed by atoms with Crippen LogP contribution in [0.3, 0.4) is 0 Å². The van der Waals surface area contributed by atoms with Gasteiger partial charge in [0, 0.05) is 67.3 Å². The second kappa shape index (κ2) is 11.2. The minimum atomic E-state index is -4.49. The second-order valence-corrected chi connectivity index (χ2v) is 12.1. The number of carbonyl (C=O) groups excluding carboxylic acids is 1. The SMILES string of the molecule is C=C(C)N1CCC2(CC1)CN(c1ccc(CNC(=O)C3(c4ccc(OCc5ccc(C(F)(F)F)nc5)nn4)CC3)cc1)C2. The zero-order valence-electron chi connectivity index (χ0n) is 24.2. The van der Waals surface area contributed by atoms with Crippen molar-refractivity contribution in [2.24, 2.45) is 5.41 Å². The Hall–Kier alpha value is -4.15. The fourth-order valence-corrected chi connectivity index (χ4v) is 6.01. The topological polar surface area (TPSA) is 83.5 Å². The Balaban J connectivity index is 0.969. The van der Waals surface area contributed by atoms with Crippen molar-refractivity contribution < 1.29 is 22.7 Å². The number of rotatable bonds is 9. The fourth-order valence-electron chi connectivity index (χ4n) is 6.01. The number of benzene rings is 1. The zero-order chi connectivity index (χ0) is 30.2. The number of ether oxygens (including phenoxy) is 1. The van der Waals surface area contributed by atoms with Gasteiger partial charge in [0.2, 0.25) is 11.8 Å². The first-order chi connectivity index (χ1) is 20.6. The van der Waals surface area contributed by atoms with Gasteiger partial charge in [0.1, 0.15) is 12.3 Å². The molecule has 43 heavy (non-hydrogen) atoms. The van der Waals surface area contributed by atoms with E-state index in [1.165, 1.54) is 24.6 Å². The summed E-state index contributed by atoms with van der Waals surface area (Å²) in [5.74, 6) is 0.131. The molecule has 226 valence electrons. The van der Waals surface area contributed by atoms with Gasteiger partial charge in [-0.15, -0.1) is 5.10 Å². The third-order valence-electron chi connectivity index (χ3n) is 8.99. The van der Waals surface area contributed by atoms with Gasteiger partial charge in [-0.2, -0.15) is 18.3 Å². The zero-order valence-corrected chi connectivity index (χ0v) is 24.2. The average Bonchev–Trinajstić information content (AvgIpc) is 3.80. The lowest BCUT2D eigenvalue weighted by Crippen LogP contribution is -2.60. The van der Waals surface area contributed by atoms with E-state index in [1.807, 2.05) is 0 Å². The summed E-state index contributed by atoms with van der Waals surface area (Å²) < 4.78 is 43.6. The van der Waals surface area contributed by atoms with E-state index in [-0.39, 0.29) is 18.4 Å². The molecular weight excluding hydrogens is 557 g/mol. The summed E-state index contributed by atoms with van der Waals surface area (Å²) in [5, 5.41) is 11.4. The van der Waals surface area contributed by atoms with Crippen molar-refractivity contribution in [1.29, 1.82) is 0 Å². The summed E-state index contributed by atoms with van der Waals surface area (Å²) in [6, 6.07) is 14.0. The number of anilines is 1. The Morgan fingerprint density at radius 1 is 0.977 bits per heavy atom. The number of hydrogen-bond donors (Lipinski definition) is 1. The molecule has 1 spiro atoms. The lowest BCUT2D eigenvalue weighted by molar-refractivity contribution is -0.141. The lowest BCUT2D eigenvalue weighted by Gasteiger charge is -2.55. The van der Waals surface area contributed by atoms with Gasteiger partial charge >= 0.3 is 6.18 Å². The predicted octanol–water partition coefficient (Wildman–Crippen LogP) is 5.25. The van der Waals surface area contributed by atoms with E-state index in [0.717, 1.165) is 49.7 Å². The van der Waals surface area contributed by atoms with E-state index in [1.54, 1.807) is 12.1 Å². The molecule has 0 atom stereocenters. The average molecular weight is 593 g/mol. The van der Waals surface area contributed by atoms with Crippen molar-refractivity contribution in [1.82, 2.24) is 25.4 Å². The van der Waals surface area contributed by atoms with Gasteiger partial charge in [-0.3, -0.25) is 9.78 Å². The largest absolute Gasteiger partial charge is 0.472 e. The van der Waals surface area contributed by atoms with Crippen LogP contribution >= 0.6 is 0 Å². The molecule has 2 aliphatic heterocycles. The van der Waals surface area contributed by atoms with Crippen molar-refractivity contribution >= 4 is 11.6 Å². The van der Waals surface area contributed by atoms with Crippen LogP contribution in [-0.2, 0) is 29.5 Å². The number of amides is 1. The maximum absolute atomic E-state index is 13.1. The molecule has 1 amide bonds. The minimum Gasteiger partial charge on any atom is -0.472 e. The molecule has 0 bridgehead atoms. The van der Waals surface area contributed by atoms with Crippen molar-refractivity contribution in [3.05, 3.63) is 89.5 Å². The van der Waals surface area contributed by atoms with E-state index in [0.29, 0.717) is 36.1 Å². The summed E-state index contributed by atoms with van der Waals surface area (Å²) in [6.45, 7) is 11.0. The molecule has 11 heteroatoms. The number of likely N-dealkylation sites (tertiary alicyclic amines) is 1. The Kier molecular flexibility index (Phi) is 7.52. The van der Waals surface area contributed by atoms with Crippen LogP contribution < -0.4 is 15.0 Å². The number of aromatic nitrogens is 3. The Morgan fingerprint density at radius 3 is 2.23 bits per heavy atom. The number of nitrogens with zero attached hydrogens (tertiary/aromatic N) is 5. The van der Waals surface area contributed by atoms with Crippen LogP contribution in [0.4, 0.5) is 18.9 Å². The van der Waals surface area contributed by atoms with E-state index < -0.39 is 17.3 Å². The summed E-state index contributed by atoms with van der Waals surface area (Å²) in [7, 11) is 0. The van der Waals surface area contributed by atoms with E-state index in [9.17, 15) is 18.0 Å². The summed E-state index contributed by atoms with van der Waals surface area (Å²) in [4.78, 5) is 21.4. The van der Waals surface area contributed by atoms with Crippen LogP contribution in [0.1, 0.15) is 55.1 Å². The molecule has 1 saturated carbocycles. The number of alkyl halides is 3. The Morgan fingerprint density at radius 2 is 1.67 bits per heavy atom. The van der Waals surface area contributed by atoms with Crippen LogP contribution in [0, 0.1) is 5.41 Å². The van der Waals surface area contributed by atoms with Crippen molar-refractivity contribution in [2.75, 3.05) is 31.1 Å². The number of hydrogen-bond acceptors (Lipinski definition) is 7. The Bertz CT molecular complexity index is 1450. The molecule has 3 aromatic rings. The summed E-state index contributed by atoms with van der Waals surface area (Å²) in [5.41, 5.74) is 3.22. The molecular formula is C32H35F3N6O2. The number of allylic oxidation sites excluding steroid dienone is 1. The van der Waals surface area contributed by atoms with Crippen LogP contribution in [0.5, 0.6) is 5.88 Å². The molecule has 4 heterocycles. The van der Waals surface area contributed by atoms with Gasteiger partial charge in [-0.1, -0.05) is 24.8 Å². The number of halogens is 3. The molecule has 6 rings (SSSR count). The fraction of sp³-hybridized carbons (Fsp3) is 0.438. The Labute approximate surface area is 249 Å². The first kappa shape index (κ1) is 28.9. The van der Waals surface area contributed by atoms with Crippen molar-refractivity contribution in [2.45, 2.75) is 57.3 Å². The highest BCUT2D eigenvalue weighted by Crippen LogP contribution is 2.47. The van der Waals surface area contributed by atoms with Crippen molar-refractivity contribution in [3.63, 3.8) is 0 Å². The highest BCUT2D eigenvalue weighted by atomic mass is 19.4. The summed E-state index contributed by atoms with van der Waals surface area (Å²) >= 11 is 0. The highest BCUT2D eigenvalue weighted by molar-refractivity contribution is 5.90. The molecule has 8 nitrogen and oxygen atoms in total. The van der Waals surface area contributed by atoms with E-state index in [4.69, 9.17) is 4.74 Å². The molecule has 1 aliphatic carbocycles. The van der Waals surface area contributed by atoms with Crippen LogP contribution in [0.15, 0.2) is 67.0 Å². The molecule has 0 unspecified atom stereocenters. The number of nitrogens with one attached hydrogen (secondary N) is 1. The normalized spacial score (nSPS) is 18.6. The maximum atomic E-state index is 13.1. The van der Waals surface area contributed by atoms with Crippen LogP contribution in [0.2, 0.25) is 0 Å². The van der Waals surface area contributed by atoms with Gasteiger partial charge in [-0.05, 0) is 62.4 Å². The van der Waals surface area contributed by atoms with Gasteiger partial charge in [0.25, 0.3) is 0 Å². The number of pyridine rings is 1. The van der Waals surface area contributed by atoms with E-state index in [2.05, 4.69) is 68.1 Å². The molecule has 2 aromatic heterocycles. The van der Waals surface area contributed by atoms with E-state index >= 15 is 0 Å². The molecule has 0 radical (unpaired) electrons. The van der Waals surface area contributed by atoms with Gasteiger partial charge in [0.05, 0.1) is 11.1 Å². The third-order valence-corrected chi connectivity index (χ3v) is 8.99. The molecule has 3 fully saturated rings. The van der Waals surface area contributed by atoms with Gasteiger partial charge in [0.15, 0.2) is 0 Å².